The average molecular weight is 290 g/mol. The molecule has 1 aliphatic rings. The predicted molar refractivity (Wildman–Crippen MR) is 82.7 cm³/mol. The Balaban J connectivity index is 2.05. The monoisotopic (exact) mass is 290 g/mol. The topological polar surface area (TPSA) is 63.4 Å². The van der Waals surface area contributed by atoms with Gasteiger partial charge in [0.2, 0.25) is 0 Å². The molecule has 1 aliphatic heterocycles. The minimum absolute atomic E-state index is 0.236. The lowest BCUT2D eigenvalue weighted by atomic mass is 10.0. The number of anilines is 1. The Morgan fingerprint density at radius 1 is 1.00 bits per heavy atom. The number of rotatable bonds is 2. The molecule has 0 aliphatic carbocycles. The van der Waals surface area contributed by atoms with Crippen molar-refractivity contribution in [1.82, 2.24) is 0 Å². The quantitative estimate of drug-likeness (QED) is 0.911. The van der Waals surface area contributed by atoms with Gasteiger partial charge in [0.1, 0.15) is 0 Å². The fraction of sp³-hybridized carbons (Fsp3) is 0.333. The Hall–Kier alpha value is -1.59. The second-order valence-corrected chi connectivity index (χ2v) is 7.44. The van der Waals surface area contributed by atoms with E-state index in [2.05, 4.69) is 23.1 Å². The molecule has 1 fully saturated rings. The molecule has 0 bridgehead atoms. The molecule has 2 N–H and O–H groups in total. The number of hydrogen-bond acceptors (Lipinski definition) is 4. The summed E-state index contributed by atoms with van der Waals surface area (Å²) >= 11 is 0. The van der Waals surface area contributed by atoms with Crippen molar-refractivity contribution >= 4 is 26.3 Å². The van der Waals surface area contributed by atoms with Gasteiger partial charge >= 0.3 is 0 Å². The highest BCUT2D eigenvalue weighted by Gasteiger charge is 2.22. The highest BCUT2D eigenvalue weighted by molar-refractivity contribution is 7.91. The maximum atomic E-state index is 11.5. The second kappa shape index (κ2) is 5.07. The van der Waals surface area contributed by atoms with Gasteiger partial charge in [-0.1, -0.05) is 30.3 Å². The van der Waals surface area contributed by atoms with Crippen molar-refractivity contribution in [3.05, 3.63) is 42.0 Å². The van der Waals surface area contributed by atoms with Gasteiger partial charge in [-0.05, 0) is 17.0 Å². The maximum Gasteiger partial charge on any atom is 0.153 e. The molecule has 0 aromatic heterocycles. The average Bonchev–Trinajstić information content (AvgIpc) is 2.46. The molecule has 2 aromatic carbocycles. The van der Waals surface area contributed by atoms with Crippen LogP contribution in [0.2, 0.25) is 0 Å². The van der Waals surface area contributed by atoms with Crippen LogP contribution in [0.15, 0.2) is 36.4 Å². The van der Waals surface area contributed by atoms with E-state index < -0.39 is 9.84 Å². The van der Waals surface area contributed by atoms with Gasteiger partial charge in [-0.3, -0.25) is 0 Å². The minimum Gasteiger partial charge on any atom is -0.369 e. The zero-order valence-corrected chi connectivity index (χ0v) is 12.1. The summed E-state index contributed by atoms with van der Waals surface area (Å²) < 4.78 is 23.1. The smallest absolute Gasteiger partial charge is 0.153 e. The van der Waals surface area contributed by atoms with Crippen LogP contribution in [0.3, 0.4) is 0 Å². The van der Waals surface area contributed by atoms with Gasteiger partial charge in [0.15, 0.2) is 9.84 Å². The molecule has 5 heteroatoms. The molecule has 0 amide bonds. The third kappa shape index (κ3) is 2.39. The van der Waals surface area contributed by atoms with Crippen molar-refractivity contribution in [3.8, 4) is 0 Å². The summed E-state index contributed by atoms with van der Waals surface area (Å²) in [5.74, 6) is 0.472. The molecular formula is C15H18N2O2S. The maximum absolute atomic E-state index is 11.5. The fourth-order valence-electron chi connectivity index (χ4n) is 2.75. The van der Waals surface area contributed by atoms with E-state index in [-0.39, 0.29) is 11.5 Å². The van der Waals surface area contributed by atoms with Gasteiger partial charge in [-0.15, -0.1) is 0 Å². The lowest BCUT2D eigenvalue weighted by Crippen LogP contribution is -2.40. The number of sulfone groups is 1. The van der Waals surface area contributed by atoms with Crippen molar-refractivity contribution in [3.63, 3.8) is 0 Å². The highest BCUT2D eigenvalue weighted by Crippen LogP contribution is 2.30. The first-order valence-electron chi connectivity index (χ1n) is 6.77. The van der Waals surface area contributed by atoms with Crippen LogP contribution >= 0.6 is 0 Å². The van der Waals surface area contributed by atoms with E-state index in [1.54, 1.807) is 0 Å². The van der Waals surface area contributed by atoms with Crippen LogP contribution < -0.4 is 10.6 Å². The van der Waals surface area contributed by atoms with Crippen LogP contribution in [0, 0.1) is 0 Å². The summed E-state index contributed by atoms with van der Waals surface area (Å²) in [4.78, 5) is 2.16. The summed E-state index contributed by atoms with van der Waals surface area (Å²) in [6.45, 7) is 1.64. The lowest BCUT2D eigenvalue weighted by Gasteiger charge is -2.30. The van der Waals surface area contributed by atoms with E-state index in [1.807, 2.05) is 18.2 Å². The van der Waals surface area contributed by atoms with Gasteiger partial charge < -0.3 is 10.6 Å². The summed E-state index contributed by atoms with van der Waals surface area (Å²) in [5, 5.41) is 2.30. The SMILES string of the molecule is NCc1ccc(N2CCS(=O)(=O)CC2)c2ccccc12. The van der Waals surface area contributed by atoms with E-state index in [0.717, 1.165) is 22.0 Å². The highest BCUT2D eigenvalue weighted by atomic mass is 32.2. The number of nitrogens with two attached hydrogens (primary N) is 1. The number of hydrogen-bond donors (Lipinski definition) is 1. The molecule has 0 radical (unpaired) electrons. The first-order valence-corrected chi connectivity index (χ1v) is 8.59. The van der Waals surface area contributed by atoms with Crippen LogP contribution in [-0.4, -0.2) is 33.0 Å². The van der Waals surface area contributed by atoms with Crippen LogP contribution in [0.25, 0.3) is 10.8 Å². The molecule has 1 heterocycles. The number of nitrogens with zero attached hydrogens (tertiary/aromatic N) is 1. The molecule has 2 aromatic rings. The van der Waals surface area contributed by atoms with E-state index in [9.17, 15) is 8.42 Å². The van der Waals surface area contributed by atoms with Gasteiger partial charge in [0.25, 0.3) is 0 Å². The van der Waals surface area contributed by atoms with E-state index in [1.165, 1.54) is 0 Å². The van der Waals surface area contributed by atoms with Crippen molar-refractivity contribution in [2.75, 3.05) is 29.5 Å². The molecule has 4 nitrogen and oxygen atoms in total. The molecule has 0 atom stereocenters. The summed E-state index contributed by atoms with van der Waals surface area (Å²) in [6.07, 6.45) is 0. The normalized spacial score (nSPS) is 18.4. The van der Waals surface area contributed by atoms with Crippen molar-refractivity contribution in [2.24, 2.45) is 5.73 Å². The fourth-order valence-corrected chi connectivity index (χ4v) is 3.95. The minimum atomic E-state index is -2.85. The van der Waals surface area contributed by atoms with Gasteiger partial charge in [0.05, 0.1) is 11.5 Å². The number of benzene rings is 2. The zero-order valence-electron chi connectivity index (χ0n) is 11.2. The standard InChI is InChI=1S/C15H18N2O2S/c16-11-12-5-6-15(14-4-2-1-3-13(12)14)17-7-9-20(18,19)10-8-17/h1-6H,7-11,16H2. The Kier molecular flexibility index (Phi) is 3.40. The van der Waals surface area contributed by atoms with E-state index in [4.69, 9.17) is 5.73 Å². The lowest BCUT2D eigenvalue weighted by molar-refractivity contribution is 0.587. The molecule has 3 rings (SSSR count). The van der Waals surface area contributed by atoms with Gasteiger partial charge in [0, 0.05) is 30.7 Å². The summed E-state index contributed by atoms with van der Waals surface area (Å²) in [7, 11) is -2.85. The summed E-state index contributed by atoms with van der Waals surface area (Å²) in [6, 6.07) is 12.3. The predicted octanol–water partition coefficient (Wildman–Crippen LogP) is 1.53. The van der Waals surface area contributed by atoms with Crippen LogP contribution in [-0.2, 0) is 16.4 Å². The first-order chi connectivity index (χ1) is 9.61. The molecule has 0 spiro atoms. The van der Waals surface area contributed by atoms with E-state index >= 15 is 0 Å². The molecule has 20 heavy (non-hydrogen) atoms. The first kappa shape index (κ1) is 13.4. The number of fused-ring (bicyclic) bond motifs is 1. The van der Waals surface area contributed by atoms with Crippen molar-refractivity contribution in [2.45, 2.75) is 6.54 Å². The third-order valence-electron chi connectivity index (χ3n) is 3.90. The Morgan fingerprint density at radius 2 is 1.65 bits per heavy atom. The van der Waals surface area contributed by atoms with Crippen LogP contribution in [0.5, 0.6) is 0 Å². The van der Waals surface area contributed by atoms with E-state index in [0.29, 0.717) is 19.6 Å². The van der Waals surface area contributed by atoms with Crippen molar-refractivity contribution in [1.29, 1.82) is 0 Å². The molecule has 0 unspecified atom stereocenters. The van der Waals surface area contributed by atoms with Crippen molar-refractivity contribution < 1.29 is 8.42 Å². The Bertz CT molecular complexity index is 727. The Morgan fingerprint density at radius 3 is 2.30 bits per heavy atom. The zero-order chi connectivity index (χ0) is 14.2. The van der Waals surface area contributed by atoms with Crippen LogP contribution in [0.1, 0.15) is 5.56 Å². The summed E-state index contributed by atoms with van der Waals surface area (Å²) in [5.41, 5.74) is 8.01. The molecule has 0 saturated carbocycles. The largest absolute Gasteiger partial charge is 0.369 e. The molecule has 1 saturated heterocycles. The third-order valence-corrected chi connectivity index (χ3v) is 5.51. The second-order valence-electron chi connectivity index (χ2n) is 5.13. The Labute approximate surface area is 119 Å². The van der Waals surface area contributed by atoms with Crippen LogP contribution in [0.4, 0.5) is 5.69 Å². The molecular weight excluding hydrogens is 272 g/mol. The van der Waals surface area contributed by atoms with Gasteiger partial charge in [-0.2, -0.15) is 0 Å². The van der Waals surface area contributed by atoms with Gasteiger partial charge in [-0.25, -0.2) is 8.42 Å². The molecule has 106 valence electrons.